The Balaban J connectivity index is 2.50. The highest BCUT2D eigenvalue weighted by atomic mass is 16.7. The summed E-state index contributed by atoms with van der Waals surface area (Å²) in [7, 11) is 4.58. The Labute approximate surface area is 107 Å². The Hall–Kier alpha value is -0.120. The molecule has 0 aromatic heterocycles. The molecule has 1 unspecified atom stereocenters. The van der Waals surface area contributed by atoms with E-state index >= 15 is 0 Å². The molecule has 1 aliphatic rings. The van der Waals surface area contributed by atoms with Crippen LogP contribution in [0.25, 0.3) is 0 Å². The SMILES string of the molecule is CC[N+](C)(C)CC(C)(C)CC1COC(C)(C)O1. The fraction of sp³-hybridized carbons (Fsp3) is 1.00. The van der Waals surface area contributed by atoms with Crippen LogP contribution in [0.3, 0.4) is 0 Å². The van der Waals surface area contributed by atoms with Crippen LogP contribution in [0.15, 0.2) is 0 Å². The van der Waals surface area contributed by atoms with Crippen LogP contribution < -0.4 is 0 Å². The Morgan fingerprint density at radius 1 is 1.29 bits per heavy atom. The van der Waals surface area contributed by atoms with Crippen molar-refractivity contribution in [1.82, 2.24) is 0 Å². The highest BCUT2D eigenvalue weighted by Crippen LogP contribution is 2.32. The van der Waals surface area contributed by atoms with Crippen molar-refractivity contribution in [3.63, 3.8) is 0 Å². The summed E-state index contributed by atoms with van der Waals surface area (Å²) in [6, 6.07) is 0. The van der Waals surface area contributed by atoms with Gasteiger partial charge in [-0.05, 0) is 27.2 Å². The monoisotopic (exact) mass is 244 g/mol. The normalized spacial score (nSPS) is 25.2. The van der Waals surface area contributed by atoms with Crippen LogP contribution in [0.1, 0.15) is 41.0 Å². The molecule has 1 rings (SSSR count). The van der Waals surface area contributed by atoms with E-state index < -0.39 is 5.79 Å². The molecule has 0 amide bonds. The van der Waals surface area contributed by atoms with Crippen molar-refractivity contribution in [3.8, 4) is 0 Å². The van der Waals surface area contributed by atoms with Gasteiger partial charge in [0.2, 0.25) is 0 Å². The summed E-state index contributed by atoms with van der Waals surface area (Å²) in [6.07, 6.45) is 1.31. The maximum atomic E-state index is 5.90. The maximum Gasteiger partial charge on any atom is 0.163 e. The van der Waals surface area contributed by atoms with Crippen molar-refractivity contribution in [2.45, 2.75) is 52.9 Å². The molecule has 0 saturated carbocycles. The van der Waals surface area contributed by atoms with Crippen molar-refractivity contribution >= 4 is 0 Å². The molecule has 0 spiro atoms. The standard InChI is InChI=1S/C14H30NO2/c1-8-15(6,7)11-13(2,3)9-12-10-16-14(4,5)17-12/h12H,8-11H2,1-7H3/q+1. The number of nitrogens with zero attached hydrogens (tertiary/aromatic N) is 1. The molecule has 3 nitrogen and oxygen atoms in total. The van der Waals surface area contributed by atoms with Crippen molar-refractivity contribution < 1.29 is 14.0 Å². The number of hydrogen-bond donors (Lipinski definition) is 0. The second kappa shape index (κ2) is 4.87. The van der Waals surface area contributed by atoms with E-state index in [9.17, 15) is 0 Å². The highest BCUT2D eigenvalue weighted by Gasteiger charge is 2.38. The van der Waals surface area contributed by atoms with Crippen LogP contribution in [-0.2, 0) is 9.47 Å². The second-order valence-corrected chi connectivity index (χ2v) is 7.23. The van der Waals surface area contributed by atoms with Gasteiger partial charge < -0.3 is 14.0 Å². The molecule has 0 bridgehead atoms. The minimum absolute atomic E-state index is 0.247. The third-order valence-electron chi connectivity index (χ3n) is 3.56. The van der Waals surface area contributed by atoms with Gasteiger partial charge in [-0.3, -0.25) is 0 Å². The van der Waals surface area contributed by atoms with Crippen molar-refractivity contribution in [2.75, 3.05) is 33.8 Å². The van der Waals surface area contributed by atoms with Gasteiger partial charge in [-0.25, -0.2) is 0 Å². The lowest BCUT2D eigenvalue weighted by Crippen LogP contribution is -2.47. The molecule has 102 valence electrons. The molecule has 17 heavy (non-hydrogen) atoms. The quantitative estimate of drug-likeness (QED) is 0.692. The molecule has 1 atom stereocenters. The van der Waals surface area contributed by atoms with Gasteiger partial charge in [0.15, 0.2) is 5.79 Å². The molecule has 1 heterocycles. The number of rotatable bonds is 5. The summed E-state index contributed by atoms with van der Waals surface area (Å²) in [4.78, 5) is 0. The zero-order valence-electron chi connectivity index (χ0n) is 12.7. The molecule has 0 aromatic rings. The van der Waals surface area contributed by atoms with E-state index in [-0.39, 0.29) is 11.5 Å². The maximum absolute atomic E-state index is 5.90. The van der Waals surface area contributed by atoms with Crippen LogP contribution in [0.4, 0.5) is 0 Å². The van der Waals surface area contributed by atoms with E-state index in [0.29, 0.717) is 0 Å². The summed E-state index contributed by atoms with van der Waals surface area (Å²) in [5.41, 5.74) is 0.286. The van der Waals surface area contributed by atoms with E-state index in [2.05, 4.69) is 34.9 Å². The molecular formula is C14H30NO2+. The zero-order valence-corrected chi connectivity index (χ0v) is 12.7. The summed E-state index contributed by atoms with van der Waals surface area (Å²) < 4.78 is 12.6. The Morgan fingerprint density at radius 2 is 1.88 bits per heavy atom. The van der Waals surface area contributed by atoms with Crippen LogP contribution in [0, 0.1) is 5.41 Å². The Bertz CT molecular complexity index is 259. The van der Waals surface area contributed by atoms with Gasteiger partial charge in [0, 0.05) is 5.41 Å². The average Bonchev–Trinajstić information content (AvgIpc) is 2.42. The Morgan fingerprint density at radius 3 is 2.29 bits per heavy atom. The topological polar surface area (TPSA) is 18.5 Å². The third-order valence-corrected chi connectivity index (χ3v) is 3.56. The van der Waals surface area contributed by atoms with Crippen LogP contribution >= 0.6 is 0 Å². The minimum atomic E-state index is -0.393. The van der Waals surface area contributed by atoms with Crippen molar-refractivity contribution in [2.24, 2.45) is 5.41 Å². The summed E-state index contributed by atoms with van der Waals surface area (Å²) >= 11 is 0. The Kier molecular flexibility index (Phi) is 4.28. The van der Waals surface area contributed by atoms with Gasteiger partial charge in [0.1, 0.15) is 0 Å². The summed E-state index contributed by atoms with van der Waals surface area (Å²) in [5.74, 6) is -0.393. The predicted octanol–water partition coefficient (Wildman–Crippen LogP) is 2.65. The molecule has 0 radical (unpaired) electrons. The van der Waals surface area contributed by atoms with Gasteiger partial charge in [-0.15, -0.1) is 0 Å². The first-order valence-corrected chi connectivity index (χ1v) is 6.69. The van der Waals surface area contributed by atoms with Gasteiger partial charge in [-0.2, -0.15) is 0 Å². The molecule has 1 fully saturated rings. The predicted molar refractivity (Wildman–Crippen MR) is 70.8 cm³/mol. The van der Waals surface area contributed by atoms with Gasteiger partial charge in [-0.1, -0.05) is 13.8 Å². The third kappa shape index (κ3) is 4.94. The molecule has 1 saturated heterocycles. The summed E-state index contributed by atoms with van der Waals surface area (Å²) in [5, 5.41) is 0. The molecule has 0 aliphatic carbocycles. The van der Waals surface area contributed by atoms with Crippen LogP contribution in [-0.4, -0.2) is 50.2 Å². The lowest BCUT2D eigenvalue weighted by atomic mass is 9.85. The molecule has 1 aliphatic heterocycles. The summed E-state index contributed by atoms with van der Waals surface area (Å²) in [6.45, 7) is 14.0. The van der Waals surface area contributed by atoms with Gasteiger partial charge >= 0.3 is 0 Å². The van der Waals surface area contributed by atoms with E-state index in [1.807, 2.05) is 13.8 Å². The fourth-order valence-corrected chi connectivity index (χ4v) is 2.82. The minimum Gasteiger partial charge on any atom is -0.348 e. The largest absolute Gasteiger partial charge is 0.348 e. The van der Waals surface area contributed by atoms with Crippen LogP contribution in [0.2, 0.25) is 0 Å². The number of hydrogen-bond acceptors (Lipinski definition) is 2. The first kappa shape index (κ1) is 14.9. The number of quaternary nitrogens is 1. The fourth-order valence-electron chi connectivity index (χ4n) is 2.82. The van der Waals surface area contributed by atoms with Crippen molar-refractivity contribution in [3.05, 3.63) is 0 Å². The van der Waals surface area contributed by atoms with E-state index in [4.69, 9.17) is 9.47 Å². The average molecular weight is 244 g/mol. The highest BCUT2D eigenvalue weighted by molar-refractivity contribution is 4.78. The first-order chi connectivity index (χ1) is 7.55. The molecule has 3 heteroatoms. The lowest BCUT2D eigenvalue weighted by molar-refractivity contribution is -0.894. The van der Waals surface area contributed by atoms with Gasteiger partial charge in [0.25, 0.3) is 0 Å². The smallest absolute Gasteiger partial charge is 0.163 e. The van der Waals surface area contributed by atoms with E-state index in [1.165, 1.54) is 6.54 Å². The lowest BCUT2D eigenvalue weighted by Gasteiger charge is -2.37. The number of ether oxygens (including phenoxy) is 2. The van der Waals surface area contributed by atoms with E-state index in [1.54, 1.807) is 0 Å². The van der Waals surface area contributed by atoms with Crippen molar-refractivity contribution in [1.29, 1.82) is 0 Å². The zero-order chi connectivity index (χ0) is 13.3. The molecule has 0 N–H and O–H groups in total. The van der Waals surface area contributed by atoms with Gasteiger partial charge in [0.05, 0.1) is 39.9 Å². The molecule has 0 aromatic carbocycles. The second-order valence-electron chi connectivity index (χ2n) is 7.23. The first-order valence-electron chi connectivity index (χ1n) is 6.69. The molecular weight excluding hydrogens is 214 g/mol. The van der Waals surface area contributed by atoms with E-state index in [0.717, 1.165) is 24.1 Å². The van der Waals surface area contributed by atoms with Crippen LogP contribution in [0.5, 0.6) is 0 Å².